The molecular formula is C16H20F2N2O. The highest BCUT2D eigenvalue weighted by molar-refractivity contribution is 5.79. The van der Waals surface area contributed by atoms with Gasteiger partial charge in [-0.1, -0.05) is 6.07 Å². The minimum atomic E-state index is -0.902. The van der Waals surface area contributed by atoms with Crippen LogP contribution in [0, 0.1) is 23.5 Å². The molecule has 3 nitrogen and oxygen atoms in total. The van der Waals surface area contributed by atoms with Gasteiger partial charge in [-0.25, -0.2) is 8.78 Å². The number of nitrogens with two attached hydrogens (primary N) is 1. The van der Waals surface area contributed by atoms with E-state index in [4.69, 9.17) is 5.73 Å². The minimum absolute atomic E-state index is 0.0102. The summed E-state index contributed by atoms with van der Waals surface area (Å²) in [5, 5.41) is 0. The molecule has 3 rings (SSSR count). The van der Waals surface area contributed by atoms with Crippen LogP contribution in [-0.2, 0) is 11.2 Å². The number of likely N-dealkylation sites (tertiary alicyclic amines) is 1. The van der Waals surface area contributed by atoms with Crippen LogP contribution in [0.25, 0.3) is 0 Å². The highest BCUT2D eigenvalue weighted by atomic mass is 19.2. The molecule has 1 amide bonds. The average Bonchev–Trinajstić information content (AvgIpc) is 2.86. The van der Waals surface area contributed by atoms with Crippen molar-refractivity contribution >= 4 is 5.91 Å². The van der Waals surface area contributed by atoms with Crippen LogP contribution >= 0.6 is 0 Å². The van der Waals surface area contributed by atoms with Crippen LogP contribution in [0.1, 0.15) is 24.8 Å². The Morgan fingerprint density at radius 2 is 1.95 bits per heavy atom. The predicted molar refractivity (Wildman–Crippen MR) is 75.4 cm³/mol. The largest absolute Gasteiger partial charge is 0.342 e. The van der Waals surface area contributed by atoms with Gasteiger partial charge in [0.25, 0.3) is 0 Å². The lowest BCUT2D eigenvalue weighted by atomic mass is 9.79. The molecule has 1 heterocycles. The first-order valence-electron chi connectivity index (χ1n) is 7.50. The van der Waals surface area contributed by atoms with Crippen LogP contribution in [0.5, 0.6) is 0 Å². The number of carbonyl (C=O) groups is 1. The maximum atomic E-state index is 13.2. The van der Waals surface area contributed by atoms with Gasteiger partial charge in [0.1, 0.15) is 0 Å². The molecule has 0 radical (unpaired) electrons. The van der Waals surface area contributed by atoms with Crippen molar-refractivity contribution in [3.8, 4) is 0 Å². The van der Waals surface area contributed by atoms with Crippen LogP contribution < -0.4 is 5.73 Å². The molecule has 5 heteroatoms. The van der Waals surface area contributed by atoms with E-state index in [1.807, 2.05) is 4.90 Å². The fourth-order valence-corrected chi connectivity index (χ4v) is 3.61. The third-order valence-corrected chi connectivity index (χ3v) is 4.78. The lowest BCUT2D eigenvalue weighted by Gasteiger charge is -2.27. The maximum Gasteiger partial charge on any atom is 0.227 e. The van der Waals surface area contributed by atoms with Crippen LogP contribution in [0.15, 0.2) is 18.2 Å². The summed E-state index contributed by atoms with van der Waals surface area (Å²) in [6.07, 6.45) is 3.23. The number of hydrogen-bond acceptors (Lipinski definition) is 2. The van der Waals surface area contributed by atoms with E-state index >= 15 is 0 Å². The van der Waals surface area contributed by atoms with Crippen LogP contribution in [0.3, 0.4) is 0 Å². The molecule has 1 saturated carbocycles. The zero-order valence-corrected chi connectivity index (χ0v) is 11.9. The van der Waals surface area contributed by atoms with Crippen molar-refractivity contribution in [1.82, 2.24) is 4.90 Å². The number of fused-ring (bicyclic) bond motifs is 1. The molecule has 1 aliphatic heterocycles. The summed E-state index contributed by atoms with van der Waals surface area (Å²) >= 11 is 0. The molecular weight excluding hydrogens is 274 g/mol. The number of halogens is 2. The van der Waals surface area contributed by atoms with Crippen LogP contribution in [0.2, 0.25) is 0 Å². The number of nitrogens with zero attached hydrogens (tertiary/aromatic N) is 1. The van der Waals surface area contributed by atoms with Gasteiger partial charge in [0.2, 0.25) is 5.91 Å². The fraction of sp³-hybridized carbons (Fsp3) is 0.562. The van der Waals surface area contributed by atoms with Crippen molar-refractivity contribution in [3.05, 3.63) is 35.4 Å². The number of benzene rings is 1. The standard InChI is InChI=1S/C16H20F2N2O/c17-14-4-1-10(5-15(14)18)6-16(21)20-8-11-2-3-13(19)7-12(11)9-20/h1,4-5,11-13H,2-3,6-9,19H2/t11-,12+,13?/m1/s1. The molecule has 114 valence electrons. The minimum Gasteiger partial charge on any atom is -0.342 e. The summed E-state index contributed by atoms with van der Waals surface area (Å²) in [7, 11) is 0. The Morgan fingerprint density at radius 1 is 1.19 bits per heavy atom. The zero-order chi connectivity index (χ0) is 15.0. The summed E-state index contributed by atoms with van der Waals surface area (Å²) in [5.74, 6) is -0.737. The summed E-state index contributed by atoms with van der Waals surface area (Å²) in [6.45, 7) is 1.53. The number of rotatable bonds is 2. The Labute approximate surface area is 123 Å². The van der Waals surface area contributed by atoms with Crippen molar-refractivity contribution < 1.29 is 13.6 Å². The fourth-order valence-electron chi connectivity index (χ4n) is 3.61. The van der Waals surface area contributed by atoms with Gasteiger partial charge < -0.3 is 10.6 Å². The first-order chi connectivity index (χ1) is 10.0. The normalized spacial score (nSPS) is 28.5. The molecule has 2 N–H and O–H groups in total. The first-order valence-corrected chi connectivity index (χ1v) is 7.50. The average molecular weight is 294 g/mol. The molecule has 0 spiro atoms. The van der Waals surface area contributed by atoms with E-state index in [-0.39, 0.29) is 18.4 Å². The number of carbonyl (C=O) groups excluding carboxylic acids is 1. The molecule has 2 fully saturated rings. The Bertz CT molecular complexity index is 549. The van der Waals surface area contributed by atoms with E-state index in [1.54, 1.807) is 0 Å². The van der Waals surface area contributed by atoms with E-state index in [0.717, 1.165) is 44.5 Å². The van der Waals surface area contributed by atoms with Gasteiger partial charge in [-0.2, -0.15) is 0 Å². The Balaban J connectivity index is 1.62. The van der Waals surface area contributed by atoms with E-state index in [9.17, 15) is 13.6 Å². The lowest BCUT2D eigenvalue weighted by molar-refractivity contribution is -0.129. The summed E-state index contributed by atoms with van der Waals surface area (Å²) in [6, 6.07) is 3.90. The highest BCUT2D eigenvalue weighted by Crippen LogP contribution is 2.35. The highest BCUT2D eigenvalue weighted by Gasteiger charge is 2.38. The quantitative estimate of drug-likeness (QED) is 0.908. The second-order valence-corrected chi connectivity index (χ2v) is 6.32. The third kappa shape index (κ3) is 3.07. The zero-order valence-electron chi connectivity index (χ0n) is 11.9. The van der Waals surface area contributed by atoms with Gasteiger partial charge in [-0.05, 0) is 48.8 Å². The first kappa shape index (κ1) is 14.4. The smallest absolute Gasteiger partial charge is 0.227 e. The molecule has 3 atom stereocenters. The molecule has 0 aromatic heterocycles. The van der Waals surface area contributed by atoms with Crippen molar-refractivity contribution in [1.29, 1.82) is 0 Å². The molecule has 21 heavy (non-hydrogen) atoms. The van der Waals surface area contributed by atoms with Gasteiger partial charge in [0.15, 0.2) is 11.6 Å². The van der Waals surface area contributed by atoms with Crippen molar-refractivity contribution in [2.45, 2.75) is 31.7 Å². The summed E-state index contributed by atoms with van der Waals surface area (Å²) in [4.78, 5) is 14.2. The Morgan fingerprint density at radius 3 is 2.71 bits per heavy atom. The Hall–Kier alpha value is -1.49. The molecule has 1 saturated heterocycles. The van der Waals surface area contributed by atoms with Crippen molar-refractivity contribution in [2.75, 3.05) is 13.1 Å². The lowest BCUT2D eigenvalue weighted by Crippen LogP contribution is -2.32. The second-order valence-electron chi connectivity index (χ2n) is 6.32. The number of amides is 1. The monoisotopic (exact) mass is 294 g/mol. The van der Waals surface area contributed by atoms with Crippen molar-refractivity contribution in [2.24, 2.45) is 17.6 Å². The maximum absolute atomic E-state index is 13.2. The molecule has 1 aromatic carbocycles. The SMILES string of the molecule is NC1CC[C@@H]2CN(C(=O)Cc3ccc(F)c(F)c3)C[C@@H]2C1. The van der Waals surface area contributed by atoms with Gasteiger partial charge in [0, 0.05) is 19.1 Å². The Kier molecular flexibility index (Phi) is 3.93. The van der Waals surface area contributed by atoms with Gasteiger partial charge in [0.05, 0.1) is 6.42 Å². The van der Waals surface area contributed by atoms with Crippen LogP contribution in [0.4, 0.5) is 8.78 Å². The molecule has 0 bridgehead atoms. The number of hydrogen-bond donors (Lipinski definition) is 1. The summed E-state index contributed by atoms with van der Waals surface area (Å²) < 4.78 is 26.1. The van der Waals surface area contributed by atoms with E-state index < -0.39 is 11.6 Å². The third-order valence-electron chi connectivity index (χ3n) is 4.78. The van der Waals surface area contributed by atoms with E-state index in [0.29, 0.717) is 17.4 Å². The molecule has 2 aliphatic rings. The summed E-state index contributed by atoms with van der Waals surface area (Å²) in [5.41, 5.74) is 6.50. The van der Waals surface area contributed by atoms with E-state index in [2.05, 4.69) is 0 Å². The molecule has 1 aromatic rings. The van der Waals surface area contributed by atoms with Gasteiger partial charge >= 0.3 is 0 Å². The van der Waals surface area contributed by atoms with Crippen molar-refractivity contribution in [3.63, 3.8) is 0 Å². The topological polar surface area (TPSA) is 46.3 Å². The van der Waals surface area contributed by atoms with E-state index in [1.165, 1.54) is 6.07 Å². The molecule has 1 unspecified atom stereocenters. The molecule has 1 aliphatic carbocycles. The van der Waals surface area contributed by atoms with Crippen LogP contribution in [-0.4, -0.2) is 29.9 Å². The van der Waals surface area contributed by atoms with Gasteiger partial charge in [-0.3, -0.25) is 4.79 Å². The second kappa shape index (κ2) is 5.72. The predicted octanol–water partition coefficient (Wildman–Crippen LogP) is 2.09. The van der Waals surface area contributed by atoms with Gasteiger partial charge in [-0.15, -0.1) is 0 Å².